The van der Waals surface area contributed by atoms with Gasteiger partial charge < -0.3 is 19.5 Å². The molecule has 0 aliphatic rings. The summed E-state index contributed by atoms with van der Waals surface area (Å²) in [5, 5.41) is 3.46. The van der Waals surface area contributed by atoms with Gasteiger partial charge in [0.25, 0.3) is 0 Å². The molecule has 0 amide bonds. The average Bonchev–Trinajstić information content (AvgIpc) is 2.77. The van der Waals surface area contributed by atoms with E-state index in [0.717, 1.165) is 29.2 Å². The first kappa shape index (κ1) is 20.7. The predicted octanol–water partition coefficient (Wildman–Crippen LogP) is 5.34. The van der Waals surface area contributed by atoms with Gasteiger partial charge in [0.15, 0.2) is 0 Å². The third-order valence-electron chi connectivity index (χ3n) is 4.48. The van der Waals surface area contributed by atoms with Gasteiger partial charge in [0.1, 0.15) is 18.1 Å². The van der Waals surface area contributed by atoms with Crippen LogP contribution in [-0.4, -0.2) is 26.4 Å². The molecule has 0 bridgehead atoms. The largest absolute Gasteiger partial charge is 0.493 e. The van der Waals surface area contributed by atoms with Gasteiger partial charge in [-0.2, -0.15) is 0 Å². The van der Waals surface area contributed by atoms with E-state index < -0.39 is 0 Å². The normalized spacial score (nSPS) is 10.5. The van der Waals surface area contributed by atoms with E-state index in [2.05, 4.69) is 35.6 Å². The number of para-hydroxylation sites is 1. The summed E-state index contributed by atoms with van der Waals surface area (Å²) >= 11 is 0. The first-order valence-corrected chi connectivity index (χ1v) is 10.1. The molecule has 0 aliphatic carbocycles. The van der Waals surface area contributed by atoms with Crippen LogP contribution in [0.5, 0.6) is 11.5 Å². The molecule has 0 heterocycles. The molecule has 1 N–H and O–H groups in total. The lowest BCUT2D eigenvalue weighted by molar-refractivity contribution is 0.110. The molecule has 29 heavy (non-hydrogen) atoms. The van der Waals surface area contributed by atoms with Gasteiger partial charge in [-0.15, -0.1) is 0 Å². The Balaban J connectivity index is 1.51. The highest BCUT2D eigenvalue weighted by Crippen LogP contribution is 2.22. The molecule has 0 unspecified atom stereocenters. The molecule has 0 aliphatic heterocycles. The SMILES string of the molecule is CCOCCOc1cccc(NCc2ccccc2OCCc2ccccc2)c1. The summed E-state index contributed by atoms with van der Waals surface area (Å²) in [4.78, 5) is 0. The van der Waals surface area contributed by atoms with E-state index in [1.165, 1.54) is 5.56 Å². The topological polar surface area (TPSA) is 39.7 Å². The van der Waals surface area contributed by atoms with Crippen LogP contribution >= 0.6 is 0 Å². The maximum Gasteiger partial charge on any atom is 0.124 e. The van der Waals surface area contributed by atoms with E-state index in [0.29, 0.717) is 33.0 Å². The van der Waals surface area contributed by atoms with E-state index in [1.54, 1.807) is 0 Å². The number of ether oxygens (including phenoxy) is 3. The van der Waals surface area contributed by atoms with Crippen molar-refractivity contribution in [3.63, 3.8) is 0 Å². The van der Waals surface area contributed by atoms with Crippen LogP contribution in [0.15, 0.2) is 78.9 Å². The number of hydrogen-bond donors (Lipinski definition) is 1. The lowest BCUT2D eigenvalue weighted by atomic mass is 10.1. The fourth-order valence-electron chi connectivity index (χ4n) is 2.97. The predicted molar refractivity (Wildman–Crippen MR) is 118 cm³/mol. The Morgan fingerprint density at radius 3 is 2.45 bits per heavy atom. The van der Waals surface area contributed by atoms with Gasteiger partial charge in [-0.1, -0.05) is 54.6 Å². The fourth-order valence-corrected chi connectivity index (χ4v) is 2.97. The standard InChI is InChI=1S/C25H29NO3/c1-2-27-17-18-28-24-13-8-12-23(19-24)26-20-22-11-6-7-14-25(22)29-16-15-21-9-4-3-5-10-21/h3-14,19,26H,2,15-18,20H2,1H3. The summed E-state index contributed by atoms with van der Waals surface area (Å²) in [5.74, 6) is 1.75. The lowest BCUT2D eigenvalue weighted by Crippen LogP contribution is -2.07. The average molecular weight is 392 g/mol. The highest BCUT2D eigenvalue weighted by molar-refractivity contribution is 5.49. The third kappa shape index (κ3) is 7.16. The number of hydrogen-bond acceptors (Lipinski definition) is 4. The van der Waals surface area contributed by atoms with Crippen LogP contribution in [0, 0.1) is 0 Å². The molecule has 0 radical (unpaired) electrons. The van der Waals surface area contributed by atoms with Crippen molar-refractivity contribution < 1.29 is 14.2 Å². The first-order chi connectivity index (χ1) is 14.3. The molecule has 0 fully saturated rings. The maximum absolute atomic E-state index is 6.05. The van der Waals surface area contributed by atoms with Crippen LogP contribution in [0.25, 0.3) is 0 Å². The minimum Gasteiger partial charge on any atom is -0.493 e. The van der Waals surface area contributed by atoms with Crippen molar-refractivity contribution in [1.82, 2.24) is 0 Å². The zero-order valence-corrected chi connectivity index (χ0v) is 17.0. The van der Waals surface area contributed by atoms with E-state index in [1.807, 2.05) is 55.5 Å². The minimum absolute atomic E-state index is 0.551. The summed E-state index contributed by atoms with van der Waals surface area (Å²) in [7, 11) is 0. The molecule has 0 aromatic heterocycles. The molecule has 0 atom stereocenters. The van der Waals surface area contributed by atoms with Crippen molar-refractivity contribution in [2.24, 2.45) is 0 Å². The van der Waals surface area contributed by atoms with Crippen LogP contribution in [0.2, 0.25) is 0 Å². The van der Waals surface area contributed by atoms with Crippen molar-refractivity contribution in [2.45, 2.75) is 19.9 Å². The van der Waals surface area contributed by atoms with Crippen LogP contribution < -0.4 is 14.8 Å². The van der Waals surface area contributed by atoms with Crippen molar-refractivity contribution >= 4 is 5.69 Å². The Hall–Kier alpha value is -2.98. The van der Waals surface area contributed by atoms with Gasteiger partial charge in [0, 0.05) is 36.9 Å². The highest BCUT2D eigenvalue weighted by Gasteiger charge is 2.04. The van der Waals surface area contributed by atoms with Crippen LogP contribution in [-0.2, 0) is 17.7 Å². The zero-order chi connectivity index (χ0) is 20.2. The molecule has 3 aromatic carbocycles. The second-order valence-electron chi connectivity index (χ2n) is 6.62. The molecule has 4 nitrogen and oxygen atoms in total. The summed E-state index contributed by atoms with van der Waals surface area (Å²) in [6, 6.07) is 26.5. The van der Waals surface area contributed by atoms with E-state index in [4.69, 9.17) is 14.2 Å². The van der Waals surface area contributed by atoms with Gasteiger partial charge in [-0.3, -0.25) is 0 Å². The molecule has 3 rings (SSSR count). The van der Waals surface area contributed by atoms with Gasteiger partial charge in [0.05, 0.1) is 13.2 Å². The van der Waals surface area contributed by atoms with Crippen LogP contribution in [0.3, 0.4) is 0 Å². The number of benzene rings is 3. The lowest BCUT2D eigenvalue weighted by Gasteiger charge is -2.14. The van der Waals surface area contributed by atoms with E-state index in [9.17, 15) is 0 Å². The van der Waals surface area contributed by atoms with Gasteiger partial charge in [-0.25, -0.2) is 0 Å². The molecular formula is C25H29NO3. The second-order valence-corrected chi connectivity index (χ2v) is 6.62. The molecule has 0 spiro atoms. The summed E-state index contributed by atoms with van der Waals surface area (Å²) in [6.07, 6.45) is 0.893. The molecule has 0 saturated carbocycles. The minimum atomic E-state index is 0.551. The quantitative estimate of drug-likeness (QED) is 0.423. The maximum atomic E-state index is 6.05. The molecule has 3 aromatic rings. The Labute approximate surface area is 173 Å². The first-order valence-electron chi connectivity index (χ1n) is 10.1. The van der Waals surface area contributed by atoms with Crippen molar-refractivity contribution in [3.05, 3.63) is 90.0 Å². The summed E-state index contributed by atoms with van der Waals surface area (Å²) < 4.78 is 17.1. The monoisotopic (exact) mass is 391 g/mol. The Morgan fingerprint density at radius 2 is 1.59 bits per heavy atom. The molecule has 0 saturated heterocycles. The van der Waals surface area contributed by atoms with Crippen molar-refractivity contribution in [3.8, 4) is 11.5 Å². The van der Waals surface area contributed by atoms with E-state index >= 15 is 0 Å². The van der Waals surface area contributed by atoms with Crippen LogP contribution in [0.1, 0.15) is 18.1 Å². The summed E-state index contributed by atoms with van der Waals surface area (Å²) in [5.41, 5.74) is 3.42. The zero-order valence-electron chi connectivity index (χ0n) is 17.0. The van der Waals surface area contributed by atoms with E-state index in [-0.39, 0.29) is 0 Å². The number of rotatable bonds is 12. The van der Waals surface area contributed by atoms with Crippen molar-refractivity contribution in [1.29, 1.82) is 0 Å². The van der Waals surface area contributed by atoms with Crippen LogP contribution in [0.4, 0.5) is 5.69 Å². The smallest absolute Gasteiger partial charge is 0.124 e. The number of nitrogens with one attached hydrogen (secondary N) is 1. The van der Waals surface area contributed by atoms with Gasteiger partial charge in [-0.05, 0) is 30.7 Å². The molecular weight excluding hydrogens is 362 g/mol. The molecule has 152 valence electrons. The Morgan fingerprint density at radius 1 is 0.759 bits per heavy atom. The van der Waals surface area contributed by atoms with Gasteiger partial charge in [0.2, 0.25) is 0 Å². The second kappa shape index (κ2) is 11.8. The van der Waals surface area contributed by atoms with Gasteiger partial charge >= 0.3 is 0 Å². The Bertz CT molecular complexity index is 851. The molecule has 4 heteroatoms. The number of anilines is 1. The fraction of sp³-hybridized carbons (Fsp3) is 0.280. The highest BCUT2D eigenvalue weighted by atomic mass is 16.5. The summed E-state index contributed by atoms with van der Waals surface area (Å²) in [6.45, 7) is 5.18. The third-order valence-corrected chi connectivity index (χ3v) is 4.48. The Kier molecular flexibility index (Phi) is 8.42. The van der Waals surface area contributed by atoms with Crippen molar-refractivity contribution in [2.75, 3.05) is 31.7 Å².